The van der Waals surface area contributed by atoms with Gasteiger partial charge < -0.3 is 4.74 Å². The highest BCUT2D eigenvalue weighted by Gasteiger charge is 2.09. The SMILES string of the molecule is N#CC(=Cc1cc(Br)ccc1OCc1cccc2ccccc12)c1ccc2ccccc2c1. The summed E-state index contributed by atoms with van der Waals surface area (Å²) < 4.78 is 7.20. The third kappa shape index (κ3) is 4.53. The lowest BCUT2D eigenvalue weighted by atomic mass is 10.00. The monoisotopic (exact) mass is 489 g/mol. The number of hydrogen-bond donors (Lipinski definition) is 0. The zero-order valence-electron chi connectivity index (χ0n) is 17.8. The van der Waals surface area contributed by atoms with Crippen LogP contribution in [0.4, 0.5) is 0 Å². The minimum atomic E-state index is 0.446. The largest absolute Gasteiger partial charge is 0.488 e. The maximum absolute atomic E-state index is 9.93. The fourth-order valence-electron chi connectivity index (χ4n) is 4.03. The number of nitrogens with zero attached hydrogens (tertiary/aromatic N) is 1. The predicted molar refractivity (Wildman–Crippen MR) is 140 cm³/mol. The summed E-state index contributed by atoms with van der Waals surface area (Å²) in [7, 11) is 0. The molecule has 2 nitrogen and oxygen atoms in total. The number of allylic oxidation sites excluding steroid dienone is 1. The number of nitriles is 1. The second kappa shape index (κ2) is 9.32. The lowest BCUT2D eigenvalue weighted by molar-refractivity contribution is 0.307. The third-order valence-corrected chi connectivity index (χ3v) is 6.21. The Morgan fingerprint density at radius 2 is 1.55 bits per heavy atom. The van der Waals surface area contributed by atoms with Gasteiger partial charge in [0.05, 0.1) is 11.6 Å². The molecule has 0 atom stereocenters. The molecule has 0 aliphatic heterocycles. The smallest absolute Gasteiger partial charge is 0.127 e. The molecule has 0 spiro atoms. The highest BCUT2D eigenvalue weighted by molar-refractivity contribution is 9.10. The van der Waals surface area contributed by atoms with Gasteiger partial charge in [-0.05, 0) is 63.0 Å². The molecule has 3 heteroatoms. The van der Waals surface area contributed by atoms with Gasteiger partial charge in [0.15, 0.2) is 0 Å². The average Bonchev–Trinajstić information content (AvgIpc) is 2.86. The molecule has 0 saturated heterocycles. The van der Waals surface area contributed by atoms with Crippen molar-refractivity contribution in [3.05, 3.63) is 124 Å². The van der Waals surface area contributed by atoms with E-state index in [1.807, 2.05) is 54.6 Å². The van der Waals surface area contributed by atoms with Gasteiger partial charge in [-0.15, -0.1) is 0 Å². The van der Waals surface area contributed by atoms with Crippen molar-refractivity contribution in [3.63, 3.8) is 0 Å². The molecule has 0 saturated carbocycles. The first-order chi connectivity index (χ1) is 16.2. The number of halogens is 1. The number of fused-ring (bicyclic) bond motifs is 2. The lowest BCUT2D eigenvalue weighted by Gasteiger charge is -2.12. The quantitative estimate of drug-likeness (QED) is 0.183. The molecule has 0 unspecified atom stereocenters. The second-order valence-electron chi connectivity index (χ2n) is 7.84. The Bertz CT molecular complexity index is 1540. The lowest BCUT2D eigenvalue weighted by Crippen LogP contribution is -1.98. The van der Waals surface area contributed by atoms with Gasteiger partial charge in [0.1, 0.15) is 12.4 Å². The van der Waals surface area contributed by atoms with Gasteiger partial charge in [-0.25, -0.2) is 0 Å². The molecule has 0 radical (unpaired) electrons. The Morgan fingerprint density at radius 1 is 0.788 bits per heavy atom. The van der Waals surface area contributed by atoms with Crippen LogP contribution in [-0.2, 0) is 6.61 Å². The Balaban J connectivity index is 1.49. The summed E-state index contributed by atoms with van der Waals surface area (Å²) in [6.07, 6.45) is 1.90. The Morgan fingerprint density at radius 3 is 2.39 bits per heavy atom. The molecule has 0 N–H and O–H groups in total. The molecule has 5 aromatic rings. The van der Waals surface area contributed by atoms with Crippen molar-refractivity contribution < 1.29 is 4.74 Å². The highest BCUT2D eigenvalue weighted by atomic mass is 79.9. The van der Waals surface area contributed by atoms with Crippen LogP contribution in [-0.4, -0.2) is 0 Å². The van der Waals surface area contributed by atoms with Crippen molar-refractivity contribution in [2.45, 2.75) is 6.61 Å². The van der Waals surface area contributed by atoms with E-state index in [9.17, 15) is 5.26 Å². The summed E-state index contributed by atoms with van der Waals surface area (Å²) in [4.78, 5) is 0. The van der Waals surface area contributed by atoms with Crippen molar-refractivity contribution in [2.24, 2.45) is 0 Å². The van der Waals surface area contributed by atoms with Crippen LogP contribution in [0.1, 0.15) is 16.7 Å². The normalized spacial score (nSPS) is 11.5. The minimum Gasteiger partial charge on any atom is -0.488 e. The zero-order chi connectivity index (χ0) is 22.6. The molecular weight excluding hydrogens is 470 g/mol. The fraction of sp³-hybridized carbons (Fsp3) is 0.0333. The molecule has 0 fully saturated rings. The van der Waals surface area contributed by atoms with Crippen LogP contribution in [0.3, 0.4) is 0 Å². The first-order valence-electron chi connectivity index (χ1n) is 10.7. The van der Waals surface area contributed by atoms with Crippen LogP contribution in [0.5, 0.6) is 5.75 Å². The molecule has 0 aliphatic rings. The van der Waals surface area contributed by atoms with Crippen LogP contribution < -0.4 is 4.74 Å². The van der Waals surface area contributed by atoms with E-state index in [0.29, 0.717) is 12.2 Å². The Kier molecular flexibility index (Phi) is 5.93. The van der Waals surface area contributed by atoms with E-state index in [0.717, 1.165) is 37.7 Å². The molecule has 158 valence electrons. The van der Waals surface area contributed by atoms with E-state index in [2.05, 4.69) is 76.6 Å². The molecule has 0 aliphatic carbocycles. The summed E-state index contributed by atoms with van der Waals surface area (Å²) in [5, 5.41) is 14.6. The summed E-state index contributed by atoms with van der Waals surface area (Å²) in [6.45, 7) is 0.446. The van der Waals surface area contributed by atoms with Crippen LogP contribution >= 0.6 is 15.9 Å². The summed E-state index contributed by atoms with van der Waals surface area (Å²) in [5.74, 6) is 0.736. The van der Waals surface area contributed by atoms with Crippen LogP contribution in [0.25, 0.3) is 33.2 Å². The van der Waals surface area contributed by atoms with Gasteiger partial charge in [0.25, 0.3) is 0 Å². The van der Waals surface area contributed by atoms with E-state index in [4.69, 9.17) is 4.74 Å². The maximum atomic E-state index is 9.93. The molecule has 0 heterocycles. The summed E-state index contributed by atoms with van der Waals surface area (Å²) >= 11 is 3.56. The number of rotatable bonds is 5. The van der Waals surface area contributed by atoms with E-state index >= 15 is 0 Å². The van der Waals surface area contributed by atoms with Crippen molar-refractivity contribution in [1.82, 2.24) is 0 Å². The van der Waals surface area contributed by atoms with Crippen molar-refractivity contribution in [3.8, 4) is 11.8 Å². The minimum absolute atomic E-state index is 0.446. The molecule has 33 heavy (non-hydrogen) atoms. The van der Waals surface area contributed by atoms with Crippen LogP contribution in [0.2, 0.25) is 0 Å². The van der Waals surface area contributed by atoms with E-state index in [1.54, 1.807) is 0 Å². The van der Waals surface area contributed by atoms with Crippen molar-refractivity contribution in [1.29, 1.82) is 5.26 Å². The number of benzene rings is 5. The molecule has 5 rings (SSSR count). The first kappa shape index (κ1) is 21.0. The van der Waals surface area contributed by atoms with Crippen molar-refractivity contribution in [2.75, 3.05) is 0 Å². The predicted octanol–water partition coefficient (Wildman–Crippen LogP) is 8.40. The number of hydrogen-bond acceptors (Lipinski definition) is 2. The van der Waals surface area contributed by atoms with E-state index < -0.39 is 0 Å². The van der Waals surface area contributed by atoms with Gasteiger partial charge in [-0.3, -0.25) is 0 Å². The van der Waals surface area contributed by atoms with Gasteiger partial charge >= 0.3 is 0 Å². The first-order valence-corrected chi connectivity index (χ1v) is 11.5. The second-order valence-corrected chi connectivity index (χ2v) is 8.76. The van der Waals surface area contributed by atoms with Crippen LogP contribution in [0.15, 0.2) is 108 Å². The summed E-state index contributed by atoms with van der Waals surface area (Å²) in [6, 6.07) is 37.1. The molecule has 0 amide bonds. The van der Waals surface area contributed by atoms with Gasteiger partial charge in [-0.2, -0.15) is 5.26 Å². The van der Waals surface area contributed by atoms with Crippen LogP contribution in [0, 0.1) is 11.3 Å². The number of ether oxygens (including phenoxy) is 1. The standard InChI is InChI=1S/C30H20BrNO/c31-28-14-15-30(33-20-25-10-5-9-22-7-3-4-11-29(22)25)26(18-28)17-27(19-32)24-13-12-21-6-1-2-8-23(21)16-24/h1-18H,20H2. The zero-order valence-corrected chi connectivity index (χ0v) is 19.4. The van der Waals surface area contributed by atoms with E-state index in [-0.39, 0.29) is 0 Å². The fourth-order valence-corrected chi connectivity index (χ4v) is 4.41. The Hall–Kier alpha value is -3.87. The van der Waals surface area contributed by atoms with Gasteiger partial charge in [-0.1, -0.05) is 94.8 Å². The molecule has 5 aromatic carbocycles. The van der Waals surface area contributed by atoms with E-state index in [1.165, 1.54) is 10.8 Å². The van der Waals surface area contributed by atoms with Gasteiger partial charge in [0, 0.05) is 10.0 Å². The maximum Gasteiger partial charge on any atom is 0.127 e. The Labute approximate surface area is 201 Å². The third-order valence-electron chi connectivity index (χ3n) is 5.72. The molecule has 0 bridgehead atoms. The average molecular weight is 490 g/mol. The van der Waals surface area contributed by atoms with Gasteiger partial charge in [0.2, 0.25) is 0 Å². The van der Waals surface area contributed by atoms with Crippen molar-refractivity contribution >= 4 is 49.1 Å². The summed E-state index contributed by atoms with van der Waals surface area (Å²) in [5.41, 5.74) is 3.46. The highest BCUT2D eigenvalue weighted by Crippen LogP contribution is 2.30. The molecule has 0 aromatic heterocycles. The topological polar surface area (TPSA) is 33.0 Å². The molecular formula is C30H20BrNO.